The molecule has 0 bridgehead atoms. The monoisotopic (exact) mass is 237 g/mol. The Morgan fingerprint density at radius 2 is 2.38 bits per heavy atom. The van der Waals surface area contributed by atoms with Gasteiger partial charge in [0.15, 0.2) is 5.82 Å². The first-order valence-corrected chi connectivity index (χ1v) is 6.04. The average molecular weight is 237 g/mol. The smallest absolute Gasteiger partial charge is 0.234 e. The van der Waals surface area contributed by atoms with E-state index < -0.39 is 0 Å². The van der Waals surface area contributed by atoms with E-state index in [1.807, 2.05) is 6.92 Å². The Bertz CT molecular complexity index is 533. The summed E-state index contributed by atoms with van der Waals surface area (Å²) in [6.07, 6.45) is 1.07. The van der Waals surface area contributed by atoms with E-state index in [4.69, 9.17) is 0 Å². The summed E-state index contributed by atoms with van der Waals surface area (Å²) in [5.74, 6) is 0.999. The van der Waals surface area contributed by atoms with E-state index >= 15 is 0 Å². The summed E-state index contributed by atoms with van der Waals surface area (Å²) >= 11 is 1.44. The lowest BCUT2D eigenvalue weighted by molar-refractivity contribution is -0.121. The maximum atomic E-state index is 11.5. The zero-order chi connectivity index (χ0) is 11.1. The summed E-state index contributed by atoms with van der Waals surface area (Å²) in [5.41, 5.74) is 1.72. The number of hydrogen-bond donors (Lipinski definition) is 1. The van der Waals surface area contributed by atoms with E-state index in [-0.39, 0.29) is 17.9 Å². The largest absolute Gasteiger partial charge is 0.304 e. The SMILES string of the molecule is CC1CC(=O)CC(c2nnc3scnn23)N1. The lowest BCUT2D eigenvalue weighted by Gasteiger charge is -2.26. The highest BCUT2D eigenvalue weighted by molar-refractivity contribution is 7.14. The third-order valence-corrected chi connectivity index (χ3v) is 3.39. The molecule has 7 heteroatoms. The highest BCUT2D eigenvalue weighted by atomic mass is 32.1. The van der Waals surface area contributed by atoms with Crippen LogP contribution in [0.1, 0.15) is 31.6 Å². The number of piperidine rings is 1. The van der Waals surface area contributed by atoms with Gasteiger partial charge in [-0.25, -0.2) is 0 Å². The van der Waals surface area contributed by atoms with E-state index in [0.717, 1.165) is 10.8 Å². The maximum absolute atomic E-state index is 11.5. The van der Waals surface area contributed by atoms with Crippen LogP contribution in [0.3, 0.4) is 0 Å². The Morgan fingerprint density at radius 1 is 1.50 bits per heavy atom. The molecule has 0 saturated carbocycles. The average Bonchev–Trinajstić information content (AvgIpc) is 2.75. The van der Waals surface area contributed by atoms with Crippen molar-refractivity contribution in [3.8, 4) is 0 Å². The van der Waals surface area contributed by atoms with Crippen LogP contribution in [0.25, 0.3) is 4.96 Å². The third-order valence-electron chi connectivity index (χ3n) is 2.72. The molecule has 0 amide bonds. The van der Waals surface area contributed by atoms with Crippen LogP contribution in [-0.4, -0.2) is 31.6 Å². The number of aromatic nitrogens is 4. The van der Waals surface area contributed by atoms with Crippen molar-refractivity contribution in [2.75, 3.05) is 0 Å². The number of Topliss-reactive ketones (excluding diaryl/α,β-unsaturated/α-hetero) is 1. The van der Waals surface area contributed by atoms with Gasteiger partial charge in [0.05, 0.1) is 6.04 Å². The zero-order valence-corrected chi connectivity index (χ0v) is 9.57. The molecular formula is C9H11N5OS. The first-order chi connectivity index (χ1) is 7.74. The van der Waals surface area contributed by atoms with Gasteiger partial charge in [0, 0.05) is 18.9 Å². The highest BCUT2D eigenvalue weighted by Gasteiger charge is 2.28. The molecule has 2 atom stereocenters. The topological polar surface area (TPSA) is 72.2 Å². The van der Waals surface area contributed by atoms with Gasteiger partial charge in [-0.1, -0.05) is 11.3 Å². The molecule has 2 unspecified atom stereocenters. The fourth-order valence-corrected chi connectivity index (χ4v) is 2.64. The molecule has 84 valence electrons. The molecule has 0 radical (unpaired) electrons. The molecule has 2 aromatic rings. The molecule has 1 N–H and O–H groups in total. The van der Waals surface area contributed by atoms with Crippen molar-refractivity contribution in [3.63, 3.8) is 0 Å². The lowest BCUT2D eigenvalue weighted by atomic mass is 9.98. The van der Waals surface area contributed by atoms with Gasteiger partial charge in [0.2, 0.25) is 4.96 Å². The summed E-state index contributed by atoms with van der Waals surface area (Å²) in [6, 6.07) is 0.130. The first-order valence-electron chi connectivity index (χ1n) is 5.16. The van der Waals surface area contributed by atoms with Crippen molar-refractivity contribution >= 4 is 22.1 Å². The van der Waals surface area contributed by atoms with Crippen LogP contribution >= 0.6 is 11.3 Å². The van der Waals surface area contributed by atoms with Gasteiger partial charge in [-0.15, -0.1) is 10.2 Å². The van der Waals surface area contributed by atoms with Gasteiger partial charge < -0.3 is 5.32 Å². The molecule has 0 aliphatic carbocycles. The number of ketones is 1. The summed E-state index contributed by atoms with van der Waals surface area (Å²) < 4.78 is 1.70. The summed E-state index contributed by atoms with van der Waals surface area (Å²) in [5, 5.41) is 15.6. The second-order valence-corrected chi connectivity index (χ2v) is 4.87. The van der Waals surface area contributed by atoms with Gasteiger partial charge in [-0.2, -0.15) is 9.61 Å². The second kappa shape index (κ2) is 3.60. The molecule has 1 aliphatic rings. The predicted octanol–water partition coefficient (Wildman–Crippen LogP) is 0.568. The number of hydrogen-bond acceptors (Lipinski definition) is 6. The fraction of sp³-hybridized carbons (Fsp3) is 0.556. The van der Waals surface area contributed by atoms with Crippen LogP contribution in [0.4, 0.5) is 0 Å². The molecule has 1 aliphatic heterocycles. The van der Waals surface area contributed by atoms with E-state index in [0.29, 0.717) is 12.8 Å². The number of fused-ring (bicyclic) bond motifs is 1. The van der Waals surface area contributed by atoms with Crippen molar-refractivity contribution in [3.05, 3.63) is 11.3 Å². The van der Waals surface area contributed by atoms with Gasteiger partial charge >= 0.3 is 0 Å². The molecule has 0 aromatic carbocycles. The number of carbonyl (C=O) groups is 1. The molecule has 1 saturated heterocycles. The number of rotatable bonds is 1. The van der Waals surface area contributed by atoms with Crippen LogP contribution in [0.15, 0.2) is 5.51 Å². The molecule has 16 heavy (non-hydrogen) atoms. The first kappa shape index (κ1) is 9.86. The third kappa shape index (κ3) is 1.52. The number of nitrogens with zero attached hydrogens (tertiary/aromatic N) is 4. The van der Waals surface area contributed by atoms with Gasteiger partial charge in [-0.05, 0) is 6.92 Å². The quantitative estimate of drug-likeness (QED) is 0.785. The Morgan fingerprint density at radius 3 is 3.19 bits per heavy atom. The van der Waals surface area contributed by atoms with Crippen LogP contribution < -0.4 is 5.32 Å². The zero-order valence-electron chi connectivity index (χ0n) is 8.75. The molecule has 1 fully saturated rings. The molecule has 3 rings (SSSR count). The minimum atomic E-state index is -0.0617. The minimum Gasteiger partial charge on any atom is -0.304 e. The van der Waals surface area contributed by atoms with E-state index in [1.165, 1.54) is 11.3 Å². The standard InChI is InChI=1S/C9H11N5OS/c1-5-2-6(15)3-7(11-5)8-12-13-9-14(8)10-4-16-9/h4-5,7,11H,2-3H2,1H3. The Kier molecular flexibility index (Phi) is 2.22. The summed E-state index contributed by atoms with van der Waals surface area (Å²) in [4.78, 5) is 12.3. The van der Waals surface area contributed by atoms with Crippen LogP contribution in [0.5, 0.6) is 0 Å². The number of nitrogens with one attached hydrogen (secondary N) is 1. The van der Waals surface area contributed by atoms with Crippen molar-refractivity contribution in [2.45, 2.75) is 31.8 Å². The van der Waals surface area contributed by atoms with Crippen LogP contribution in [0, 0.1) is 0 Å². The summed E-state index contributed by atoms with van der Waals surface area (Å²) in [6.45, 7) is 2.00. The highest BCUT2D eigenvalue weighted by Crippen LogP contribution is 2.23. The molecular weight excluding hydrogens is 226 g/mol. The van der Waals surface area contributed by atoms with Crippen molar-refractivity contribution < 1.29 is 4.79 Å². The Hall–Kier alpha value is -1.34. The fourth-order valence-electron chi connectivity index (χ4n) is 2.07. The Balaban J connectivity index is 1.98. The predicted molar refractivity (Wildman–Crippen MR) is 58.2 cm³/mol. The molecule has 6 nitrogen and oxygen atoms in total. The Labute approximate surface area is 95.7 Å². The number of carbonyl (C=O) groups excluding carboxylic acids is 1. The second-order valence-electron chi connectivity index (χ2n) is 4.06. The van der Waals surface area contributed by atoms with Crippen molar-refractivity contribution in [1.29, 1.82) is 0 Å². The normalized spacial score (nSPS) is 26.4. The van der Waals surface area contributed by atoms with Gasteiger partial charge in [0.1, 0.15) is 11.3 Å². The molecule has 0 spiro atoms. The van der Waals surface area contributed by atoms with Crippen molar-refractivity contribution in [2.24, 2.45) is 0 Å². The minimum absolute atomic E-state index is 0.0617. The van der Waals surface area contributed by atoms with E-state index in [1.54, 1.807) is 10.0 Å². The van der Waals surface area contributed by atoms with Gasteiger partial charge in [0.25, 0.3) is 0 Å². The van der Waals surface area contributed by atoms with E-state index in [9.17, 15) is 4.79 Å². The maximum Gasteiger partial charge on any atom is 0.234 e. The van der Waals surface area contributed by atoms with Gasteiger partial charge in [-0.3, -0.25) is 4.79 Å². The molecule has 2 aromatic heterocycles. The van der Waals surface area contributed by atoms with Crippen LogP contribution in [-0.2, 0) is 4.79 Å². The lowest BCUT2D eigenvalue weighted by Crippen LogP contribution is -2.39. The summed E-state index contributed by atoms with van der Waals surface area (Å²) in [7, 11) is 0. The van der Waals surface area contributed by atoms with Crippen molar-refractivity contribution in [1.82, 2.24) is 25.1 Å². The van der Waals surface area contributed by atoms with Crippen LogP contribution in [0.2, 0.25) is 0 Å². The van der Waals surface area contributed by atoms with E-state index in [2.05, 4.69) is 20.6 Å². The molecule has 3 heterocycles.